The van der Waals surface area contributed by atoms with E-state index in [1.165, 1.54) is 11.6 Å². The van der Waals surface area contributed by atoms with Gasteiger partial charge in [0.05, 0.1) is 11.0 Å². The molecule has 4 nitrogen and oxygen atoms in total. The highest BCUT2D eigenvalue weighted by atomic mass is 79.9. The molecule has 0 saturated heterocycles. The van der Waals surface area contributed by atoms with Gasteiger partial charge in [-0.2, -0.15) is 5.10 Å². The van der Waals surface area contributed by atoms with Crippen LogP contribution in [0.5, 0.6) is 0 Å². The van der Waals surface area contributed by atoms with E-state index in [-0.39, 0.29) is 30.1 Å². The first-order valence-electron chi connectivity index (χ1n) is 8.54. The van der Waals surface area contributed by atoms with Crippen molar-refractivity contribution >= 4 is 39.3 Å². The van der Waals surface area contributed by atoms with Crippen molar-refractivity contribution in [1.82, 2.24) is 9.78 Å². The largest absolute Gasteiger partial charge is 0.308 e. The first-order valence-corrected chi connectivity index (χ1v) is 9.71. The van der Waals surface area contributed by atoms with Gasteiger partial charge >= 0.3 is 0 Å². The number of carbonyl (C=O) groups excluding carboxylic acids is 1. The van der Waals surface area contributed by atoms with Crippen LogP contribution in [0.1, 0.15) is 23.5 Å². The summed E-state index contributed by atoms with van der Waals surface area (Å²) in [5.41, 5.74) is 1.54. The zero-order chi connectivity index (χ0) is 19.0. The van der Waals surface area contributed by atoms with E-state index >= 15 is 0 Å². The van der Waals surface area contributed by atoms with Gasteiger partial charge in [0.2, 0.25) is 5.91 Å². The molecule has 2 unspecified atom stereocenters. The fourth-order valence-corrected chi connectivity index (χ4v) is 3.81. The molecule has 1 aliphatic carbocycles. The number of nitrogens with zero attached hydrogens (tertiary/aromatic N) is 2. The minimum absolute atomic E-state index is 0.0505. The van der Waals surface area contributed by atoms with Crippen LogP contribution in [0.3, 0.4) is 0 Å². The predicted octanol–water partition coefficient (Wildman–Crippen LogP) is 5.23. The molecule has 1 fully saturated rings. The van der Waals surface area contributed by atoms with Gasteiger partial charge in [0, 0.05) is 22.7 Å². The zero-order valence-corrected chi connectivity index (χ0v) is 16.5. The molecule has 2 atom stereocenters. The normalized spacial score (nSPS) is 18.3. The van der Waals surface area contributed by atoms with Gasteiger partial charge in [0.1, 0.15) is 5.82 Å². The molecule has 0 bridgehead atoms. The van der Waals surface area contributed by atoms with Crippen molar-refractivity contribution < 1.29 is 9.18 Å². The van der Waals surface area contributed by atoms with E-state index in [0.717, 1.165) is 6.42 Å². The Kier molecular flexibility index (Phi) is 5.02. The van der Waals surface area contributed by atoms with Gasteiger partial charge in [-0.1, -0.05) is 48.0 Å². The number of anilines is 1. The lowest BCUT2D eigenvalue weighted by Crippen LogP contribution is -2.15. The van der Waals surface area contributed by atoms with Crippen molar-refractivity contribution in [3.63, 3.8) is 0 Å². The third-order valence-corrected chi connectivity index (χ3v) is 5.63. The first-order chi connectivity index (χ1) is 13.0. The topological polar surface area (TPSA) is 46.9 Å². The lowest BCUT2D eigenvalue weighted by molar-refractivity contribution is -0.117. The molecule has 0 aliphatic heterocycles. The summed E-state index contributed by atoms with van der Waals surface area (Å²) in [5, 5.41) is 7.55. The summed E-state index contributed by atoms with van der Waals surface area (Å²) in [4.78, 5) is 12.5. The van der Waals surface area contributed by atoms with Gasteiger partial charge in [0.25, 0.3) is 0 Å². The number of hydrogen-bond acceptors (Lipinski definition) is 2. The molecular formula is C20H16BrClFN3O. The minimum atomic E-state index is -0.386. The Morgan fingerprint density at radius 1 is 1.26 bits per heavy atom. The average molecular weight is 449 g/mol. The quantitative estimate of drug-likeness (QED) is 0.581. The van der Waals surface area contributed by atoms with Crippen LogP contribution in [0.2, 0.25) is 5.02 Å². The second-order valence-electron chi connectivity index (χ2n) is 6.57. The molecule has 0 radical (unpaired) electrons. The third-order valence-electron chi connectivity index (χ3n) is 4.70. The summed E-state index contributed by atoms with van der Waals surface area (Å²) in [6.07, 6.45) is 2.53. The molecule has 3 aromatic rings. The number of aromatic nitrogens is 2. The number of nitrogens with one attached hydrogen (secondary N) is 1. The van der Waals surface area contributed by atoms with E-state index < -0.39 is 0 Å². The SMILES string of the molecule is O=C(Nc1nn(Cc2c(F)cccc2Cl)cc1Br)C1CC1c1ccccc1. The molecule has 1 N–H and O–H groups in total. The summed E-state index contributed by atoms with van der Waals surface area (Å²) in [6, 6.07) is 14.6. The fraction of sp³-hybridized carbons (Fsp3) is 0.200. The standard InChI is InChI=1S/C20H16BrClFN3O/c21-16-11-26(10-15-17(22)7-4-8-18(15)23)25-19(16)24-20(27)14-9-13(14)12-5-2-1-3-6-12/h1-8,11,13-14H,9-10H2,(H,24,25,27). The van der Waals surface area contributed by atoms with Gasteiger partial charge < -0.3 is 5.32 Å². The molecule has 138 valence electrons. The van der Waals surface area contributed by atoms with Crippen molar-refractivity contribution in [2.24, 2.45) is 5.92 Å². The summed E-state index contributed by atoms with van der Waals surface area (Å²) < 4.78 is 16.2. The Morgan fingerprint density at radius 3 is 2.78 bits per heavy atom. The summed E-state index contributed by atoms with van der Waals surface area (Å²) >= 11 is 9.47. The zero-order valence-electron chi connectivity index (χ0n) is 14.2. The molecule has 1 aromatic heterocycles. The van der Waals surface area contributed by atoms with E-state index in [1.54, 1.807) is 23.0 Å². The van der Waals surface area contributed by atoms with Crippen LogP contribution in [-0.2, 0) is 11.3 Å². The maximum absolute atomic E-state index is 14.0. The highest BCUT2D eigenvalue weighted by Gasteiger charge is 2.44. The van der Waals surface area contributed by atoms with Crippen molar-refractivity contribution in [3.8, 4) is 0 Å². The molecule has 7 heteroatoms. The maximum atomic E-state index is 14.0. The number of benzene rings is 2. The Hall–Kier alpha value is -2.18. The van der Waals surface area contributed by atoms with Crippen LogP contribution < -0.4 is 5.32 Å². The molecule has 1 amide bonds. The number of amides is 1. The molecule has 0 spiro atoms. The molecule has 4 rings (SSSR count). The summed E-state index contributed by atoms with van der Waals surface area (Å²) in [7, 11) is 0. The third kappa shape index (κ3) is 3.92. The maximum Gasteiger partial charge on any atom is 0.229 e. The van der Waals surface area contributed by atoms with E-state index in [2.05, 4.69) is 26.3 Å². The molecule has 1 saturated carbocycles. The number of carbonyl (C=O) groups is 1. The minimum Gasteiger partial charge on any atom is -0.308 e. The Morgan fingerprint density at radius 2 is 2.04 bits per heavy atom. The van der Waals surface area contributed by atoms with E-state index in [0.29, 0.717) is 20.9 Å². The van der Waals surface area contributed by atoms with E-state index in [4.69, 9.17) is 11.6 Å². The molecule has 1 heterocycles. The highest BCUT2D eigenvalue weighted by molar-refractivity contribution is 9.10. The van der Waals surface area contributed by atoms with E-state index in [1.807, 2.05) is 30.3 Å². The number of rotatable bonds is 5. The fourth-order valence-electron chi connectivity index (χ4n) is 3.17. The molecule has 27 heavy (non-hydrogen) atoms. The van der Waals surface area contributed by atoms with Crippen LogP contribution >= 0.6 is 27.5 Å². The van der Waals surface area contributed by atoms with E-state index in [9.17, 15) is 9.18 Å². The molecule has 1 aliphatic rings. The van der Waals surface area contributed by atoms with Crippen LogP contribution in [0.4, 0.5) is 10.2 Å². The van der Waals surface area contributed by atoms with Crippen LogP contribution in [0.15, 0.2) is 59.2 Å². The van der Waals surface area contributed by atoms with Crippen molar-refractivity contribution in [3.05, 3.63) is 81.2 Å². The Labute approximate surface area is 169 Å². The van der Waals surface area contributed by atoms with Crippen LogP contribution in [0.25, 0.3) is 0 Å². The highest BCUT2D eigenvalue weighted by Crippen LogP contribution is 2.48. The summed E-state index contributed by atoms with van der Waals surface area (Å²) in [6.45, 7) is 0.177. The lowest BCUT2D eigenvalue weighted by Gasteiger charge is -2.06. The van der Waals surface area contributed by atoms with Gasteiger partial charge in [-0.05, 0) is 46.0 Å². The van der Waals surface area contributed by atoms with Gasteiger partial charge in [0.15, 0.2) is 5.82 Å². The Balaban J connectivity index is 1.44. The summed E-state index contributed by atoms with van der Waals surface area (Å²) in [5.74, 6) is 0.183. The molecular weight excluding hydrogens is 433 g/mol. The average Bonchev–Trinajstić information content (AvgIpc) is 3.39. The Bertz CT molecular complexity index is 972. The smallest absolute Gasteiger partial charge is 0.229 e. The monoisotopic (exact) mass is 447 g/mol. The van der Waals surface area contributed by atoms with Gasteiger partial charge in [-0.15, -0.1) is 0 Å². The second-order valence-corrected chi connectivity index (χ2v) is 7.83. The predicted molar refractivity (Wildman–Crippen MR) is 106 cm³/mol. The first kappa shape index (κ1) is 18.2. The number of hydrogen-bond donors (Lipinski definition) is 1. The van der Waals surface area contributed by atoms with Crippen LogP contribution in [0, 0.1) is 11.7 Å². The van der Waals surface area contributed by atoms with Gasteiger partial charge in [-0.25, -0.2) is 4.39 Å². The lowest BCUT2D eigenvalue weighted by atomic mass is 10.1. The number of halogens is 3. The van der Waals surface area contributed by atoms with Crippen molar-refractivity contribution in [2.75, 3.05) is 5.32 Å². The van der Waals surface area contributed by atoms with Crippen molar-refractivity contribution in [1.29, 1.82) is 0 Å². The van der Waals surface area contributed by atoms with Gasteiger partial charge in [-0.3, -0.25) is 9.48 Å². The molecule has 2 aromatic carbocycles. The second kappa shape index (κ2) is 7.44. The van der Waals surface area contributed by atoms with Crippen molar-refractivity contribution in [2.45, 2.75) is 18.9 Å². The van der Waals surface area contributed by atoms with Crippen LogP contribution in [-0.4, -0.2) is 15.7 Å².